The summed E-state index contributed by atoms with van der Waals surface area (Å²) in [6, 6.07) is 23.6. The molecule has 2 heterocycles. The second-order valence-electron chi connectivity index (χ2n) is 13.0. The Kier molecular flexibility index (Phi) is 12.6. The van der Waals surface area contributed by atoms with Gasteiger partial charge in [0.25, 0.3) is 11.8 Å². The number of rotatable bonds is 15. The highest BCUT2D eigenvalue weighted by atomic mass is 16.3. The number of aliphatic hydroxyl groups excluding tert-OH is 2. The quantitative estimate of drug-likeness (QED) is 0.144. The van der Waals surface area contributed by atoms with E-state index in [9.17, 15) is 24.6 Å². The average Bonchev–Trinajstić information content (AvgIpc) is 3.54. The lowest BCUT2D eigenvalue weighted by Crippen LogP contribution is -2.46. The first-order valence-corrected chi connectivity index (χ1v) is 17.7. The molecular weight excluding hydrogens is 630 g/mol. The molecule has 4 aromatic rings. The first kappa shape index (κ1) is 36.5. The molecule has 264 valence electrons. The summed E-state index contributed by atoms with van der Waals surface area (Å²) in [5, 5.41) is 27.9. The van der Waals surface area contributed by atoms with Gasteiger partial charge in [-0.15, -0.1) is 0 Å². The van der Waals surface area contributed by atoms with Crippen LogP contribution in [0.5, 0.6) is 0 Å². The summed E-state index contributed by atoms with van der Waals surface area (Å²) in [5.41, 5.74) is 5.01. The first-order valence-electron chi connectivity index (χ1n) is 17.7. The highest BCUT2D eigenvalue weighted by Crippen LogP contribution is 2.30. The van der Waals surface area contributed by atoms with E-state index in [2.05, 4.69) is 19.2 Å². The molecular formula is C40H49N5O5. The molecule has 1 aliphatic rings. The summed E-state index contributed by atoms with van der Waals surface area (Å²) in [4.78, 5) is 45.5. The number of fused-ring (bicyclic) bond motifs is 1. The monoisotopic (exact) mass is 679 g/mol. The van der Waals surface area contributed by atoms with Crippen LogP contribution < -0.4 is 5.32 Å². The van der Waals surface area contributed by atoms with E-state index in [1.165, 1.54) is 0 Å². The number of amides is 3. The van der Waals surface area contributed by atoms with Crippen molar-refractivity contribution in [3.63, 3.8) is 0 Å². The zero-order valence-corrected chi connectivity index (χ0v) is 29.3. The molecule has 1 aliphatic heterocycles. The van der Waals surface area contributed by atoms with Gasteiger partial charge in [-0.2, -0.15) is 5.10 Å². The van der Waals surface area contributed by atoms with E-state index in [-0.39, 0.29) is 42.9 Å². The van der Waals surface area contributed by atoms with Gasteiger partial charge < -0.3 is 25.3 Å². The maximum absolute atomic E-state index is 14.6. The van der Waals surface area contributed by atoms with Gasteiger partial charge in [0.2, 0.25) is 5.91 Å². The van der Waals surface area contributed by atoms with Crippen LogP contribution in [-0.4, -0.2) is 79.9 Å². The molecule has 0 bridgehead atoms. The topological polar surface area (TPSA) is 128 Å². The Balaban J connectivity index is 1.54. The van der Waals surface area contributed by atoms with Crippen LogP contribution in [0.25, 0.3) is 5.69 Å². The smallest absolute Gasteiger partial charge is 0.274 e. The number of aryl methyl sites for hydroxylation is 1. The minimum atomic E-state index is -0.595. The van der Waals surface area contributed by atoms with Crippen molar-refractivity contribution in [2.45, 2.75) is 77.8 Å². The number of hydrogen-bond donors (Lipinski definition) is 3. The summed E-state index contributed by atoms with van der Waals surface area (Å²) in [5.74, 6) is -1.37. The molecule has 0 saturated heterocycles. The van der Waals surface area contributed by atoms with Crippen LogP contribution in [0.15, 0.2) is 78.9 Å². The number of nitrogens with zero attached hydrogens (tertiary/aromatic N) is 4. The predicted molar refractivity (Wildman–Crippen MR) is 194 cm³/mol. The molecule has 2 atom stereocenters. The lowest BCUT2D eigenvalue weighted by molar-refractivity contribution is -0.118. The molecule has 0 radical (unpaired) electrons. The standard InChI is InChI=1S/C40H49N5O5/c1-4-6-20-43(21-7-5-2)40(50)36-23-28(3)45(42-36)37-18-17-32(41-38(48)34(19-22-46)29-13-9-8-10-14-29)25-35(37)39(49)44-26-31-16-12-11-15-30(31)24-33(44)27-47/h8-18,23,25,33-34,46-47H,4-7,19-22,24,26-27H2,1-3H3,(H,41,48)/t33-,34?/m0/s1. The fraction of sp³-hybridized carbons (Fsp3) is 0.400. The van der Waals surface area contributed by atoms with Crippen LogP contribution >= 0.6 is 0 Å². The Morgan fingerprint density at radius 2 is 1.60 bits per heavy atom. The molecule has 0 saturated carbocycles. The number of anilines is 1. The van der Waals surface area contributed by atoms with Crippen LogP contribution in [0.1, 0.15) is 95.1 Å². The maximum atomic E-state index is 14.6. The van der Waals surface area contributed by atoms with Crippen molar-refractivity contribution in [1.82, 2.24) is 19.6 Å². The summed E-state index contributed by atoms with van der Waals surface area (Å²) >= 11 is 0. The van der Waals surface area contributed by atoms with Gasteiger partial charge in [0.05, 0.1) is 29.8 Å². The van der Waals surface area contributed by atoms with Gasteiger partial charge in [-0.05, 0) is 73.6 Å². The van der Waals surface area contributed by atoms with Crippen LogP contribution in [0.4, 0.5) is 5.69 Å². The summed E-state index contributed by atoms with van der Waals surface area (Å²) in [6.45, 7) is 7.29. The van der Waals surface area contributed by atoms with E-state index in [0.717, 1.165) is 42.4 Å². The minimum Gasteiger partial charge on any atom is -0.396 e. The SMILES string of the molecule is CCCCN(CCCC)C(=O)c1cc(C)n(-c2ccc(NC(=O)C(CCO)c3ccccc3)cc2C(=O)N2Cc3ccccc3C[C@H]2CO)n1. The third-order valence-electron chi connectivity index (χ3n) is 9.44. The van der Waals surface area contributed by atoms with Crippen molar-refractivity contribution in [1.29, 1.82) is 0 Å². The van der Waals surface area contributed by atoms with Crippen LogP contribution in [-0.2, 0) is 17.8 Å². The zero-order valence-electron chi connectivity index (χ0n) is 29.3. The van der Waals surface area contributed by atoms with E-state index in [1.54, 1.807) is 33.8 Å². The second-order valence-corrected chi connectivity index (χ2v) is 13.0. The number of hydrogen-bond acceptors (Lipinski definition) is 6. The molecule has 5 rings (SSSR count). The van der Waals surface area contributed by atoms with Crippen LogP contribution in [0.3, 0.4) is 0 Å². The Morgan fingerprint density at radius 3 is 2.26 bits per heavy atom. The van der Waals surface area contributed by atoms with E-state index in [1.807, 2.05) is 66.4 Å². The molecule has 10 heteroatoms. The molecule has 3 aromatic carbocycles. The van der Waals surface area contributed by atoms with E-state index in [0.29, 0.717) is 48.8 Å². The van der Waals surface area contributed by atoms with Crippen molar-refractivity contribution in [3.8, 4) is 5.69 Å². The predicted octanol–water partition coefficient (Wildman–Crippen LogP) is 5.89. The number of benzene rings is 3. The molecule has 0 fully saturated rings. The van der Waals surface area contributed by atoms with Gasteiger partial charge in [0.1, 0.15) is 0 Å². The van der Waals surface area contributed by atoms with Gasteiger partial charge in [0, 0.05) is 37.6 Å². The first-order chi connectivity index (χ1) is 24.3. The van der Waals surface area contributed by atoms with Gasteiger partial charge in [0.15, 0.2) is 5.69 Å². The fourth-order valence-corrected chi connectivity index (χ4v) is 6.60. The molecule has 0 spiro atoms. The number of carbonyl (C=O) groups is 3. The Labute approximate surface area is 294 Å². The van der Waals surface area contributed by atoms with Crippen molar-refractivity contribution in [2.24, 2.45) is 0 Å². The number of aromatic nitrogens is 2. The van der Waals surface area contributed by atoms with E-state index >= 15 is 0 Å². The molecule has 0 aliphatic carbocycles. The Morgan fingerprint density at radius 1 is 0.920 bits per heavy atom. The lowest BCUT2D eigenvalue weighted by Gasteiger charge is -2.36. The van der Waals surface area contributed by atoms with E-state index < -0.39 is 12.0 Å². The number of unbranched alkanes of at least 4 members (excludes halogenated alkanes) is 2. The van der Waals surface area contributed by atoms with Gasteiger partial charge >= 0.3 is 0 Å². The van der Waals surface area contributed by atoms with E-state index in [4.69, 9.17) is 5.10 Å². The lowest BCUT2D eigenvalue weighted by atomic mass is 9.93. The van der Waals surface area contributed by atoms with Crippen LogP contribution in [0.2, 0.25) is 0 Å². The Hall–Kier alpha value is -4.80. The minimum absolute atomic E-state index is 0.144. The molecule has 1 unspecified atom stereocenters. The van der Waals surface area contributed by atoms with Gasteiger partial charge in [-0.25, -0.2) is 4.68 Å². The average molecular weight is 680 g/mol. The van der Waals surface area contributed by atoms with Gasteiger partial charge in [-0.3, -0.25) is 14.4 Å². The second kappa shape index (κ2) is 17.2. The maximum Gasteiger partial charge on any atom is 0.274 e. The third-order valence-corrected chi connectivity index (χ3v) is 9.44. The number of aliphatic hydroxyl groups is 2. The van der Waals surface area contributed by atoms with Crippen LogP contribution in [0, 0.1) is 6.92 Å². The zero-order chi connectivity index (χ0) is 35.6. The molecule has 3 amide bonds. The van der Waals surface area contributed by atoms with Crippen molar-refractivity contribution < 1.29 is 24.6 Å². The third kappa shape index (κ3) is 8.31. The highest BCUT2D eigenvalue weighted by Gasteiger charge is 2.32. The normalized spacial score (nSPS) is 14.6. The molecule has 50 heavy (non-hydrogen) atoms. The van der Waals surface area contributed by atoms with Gasteiger partial charge in [-0.1, -0.05) is 81.3 Å². The number of nitrogens with one attached hydrogen (secondary N) is 1. The molecule has 3 N–H and O–H groups in total. The highest BCUT2D eigenvalue weighted by molar-refractivity contribution is 6.02. The fourth-order valence-electron chi connectivity index (χ4n) is 6.60. The van der Waals surface area contributed by atoms with Crippen molar-refractivity contribution in [3.05, 3.63) is 113 Å². The number of carbonyl (C=O) groups excluding carboxylic acids is 3. The largest absolute Gasteiger partial charge is 0.396 e. The van der Waals surface area contributed by atoms with Crippen molar-refractivity contribution in [2.75, 3.05) is 31.6 Å². The molecule has 10 nitrogen and oxygen atoms in total. The summed E-state index contributed by atoms with van der Waals surface area (Å²) in [6.07, 6.45) is 4.49. The summed E-state index contributed by atoms with van der Waals surface area (Å²) in [7, 11) is 0. The summed E-state index contributed by atoms with van der Waals surface area (Å²) < 4.78 is 1.62. The molecule has 1 aromatic heterocycles. The van der Waals surface area contributed by atoms with Crippen molar-refractivity contribution >= 4 is 23.4 Å². The Bertz CT molecular complexity index is 1760.